The van der Waals surface area contributed by atoms with Crippen LogP contribution in [0, 0.1) is 0 Å². The van der Waals surface area contributed by atoms with Gasteiger partial charge in [-0.05, 0) is 12.8 Å². The lowest BCUT2D eigenvalue weighted by Gasteiger charge is -2.36. The van der Waals surface area contributed by atoms with E-state index in [0.29, 0.717) is 19.2 Å². The highest BCUT2D eigenvalue weighted by molar-refractivity contribution is 5.78. The number of carbonyl (C=O) groups excluding carboxylic acids is 1. The van der Waals surface area contributed by atoms with E-state index in [0.717, 1.165) is 44.0 Å². The number of alkyl halides is 3. The Morgan fingerprint density at radius 2 is 1.86 bits per heavy atom. The molecule has 0 radical (unpaired) electrons. The summed E-state index contributed by atoms with van der Waals surface area (Å²) in [5, 5.41) is 0. The van der Waals surface area contributed by atoms with E-state index in [4.69, 9.17) is 4.74 Å². The zero-order valence-corrected chi connectivity index (χ0v) is 12.9. The van der Waals surface area contributed by atoms with Crippen LogP contribution < -0.4 is 0 Å². The number of nitrogens with zero attached hydrogens (tertiary/aromatic N) is 3. The normalized spacial score (nSPS) is 24.6. The van der Waals surface area contributed by atoms with Crippen LogP contribution in [0.2, 0.25) is 0 Å². The van der Waals surface area contributed by atoms with Crippen LogP contribution in [0.4, 0.5) is 13.2 Å². The predicted octanol–water partition coefficient (Wildman–Crippen LogP) is 0.804. The quantitative estimate of drug-likeness (QED) is 0.750. The van der Waals surface area contributed by atoms with Crippen molar-refractivity contribution in [2.45, 2.75) is 25.1 Å². The van der Waals surface area contributed by atoms with Crippen LogP contribution in [-0.4, -0.2) is 92.4 Å². The fourth-order valence-electron chi connectivity index (χ4n) is 2.88. The van der Waals surface area contributed by atoms with E-state index in [1.165, 1.54) is 7.05 Å². The molecule has 2 aliphatic rings. The molecule has 2 rings (SSSR count). The highest BCUT2D eigenvalue weighted by Gasteiger charge is 2.32. The van der Waals surface area contributed by atoms with Gasteiger partial charge in [-0.1, -0.05) is 0 Å². The largest absolute Gasteiger partial charge is 0.406 e. The number of hydrogen-bond acceptors (Lipinski definition) is 4. The SMILES string of the molecule is CN(CC(F)(F)F)C(=O)CN1CCN(C[C@@H]2CCCO2)CC1. The smallest absolute Gasteiger partial charge is 0.377 e. The Labute approximate surface area is 129 Å². The summed E-state index contributed by atoms with van der Waals surface area (Å²) in [4.78, 5) is 16.8. The highest BCUT2D eigenvalue weighted by Crippen LogP contribution is 2.16. The minimum atomic E-state index is -4.34. The lowest BCUT2D eigenvalue weighted by molar-refractivity contribution is -0.159. The van der Waals surface area contributed by atoms with Gasteiger partial charge < -0.3 is 9.64 Å². The minimum Gasteiger partial charge on any atom is -0.377 e. The molecule has 2 fully saturated rings. The van der Waals surface area contributed by atoms with Gasteiger partial charge >= 0.3 is 6.18 Å². The molecule has 1 amide bonds. The van der Waals surface area contributed by atoms with Crippen molar-refractivity contribution in [3.8, 4) is 0 Å². The van der Waals surface area contributed by atoms with Crippen LogP contribution in [0.1, 0.15) is 12.8 Å². The summed E-state index contributed by atoms with van der Waals surface area (Å²) in [6, 6.07) is 0. The van der Waals surface area contributed by atoms with Gasteiger partial charge in [0.05, 0.1) is 12.6 Å². The van der Waals surface area contributed by atoms with Crippen molar-refractivity contribution in [2.24, 2.45) is 0 Å². The van der Waals surface area contributed by atoms with Crippen LogP contribution in [0.15, 0.2) is 0 Å². The van der Waals surface area contributed by atoms with E-state index in [2.05, 4.69) is 4.90 Å². The molecule has 0 aliphatic carbocycles. The van der Waals surface area contributed by atoms with Crippen LogP contribution in [0.5, 0.6) is 0 Å². The minimum absolute atomic E-state index is 0.0559. The molecule has 128 valence electrons. The number of likely N-dealkylation sites (N-methyl/N-ethyl adjacent to an activating group) is 1. The molecule has 1 atom stereocenters. The van der Waals surface area contributed by atoms with E-state index in [1.54, 1.807) is 0 Å². The van der Waals surface area contributed by atoms with Crippen molar-refractivity contribution in [3.05, 3.63) is 0 Å². The zero-order chi connectivity index (χ0) is 16.2. The molecule has 0 aromatic carbocycles. The number of piperazine rings is 1. The van der Waals surface area contributed by atoms with E-state index in [-0.39, 0.29) is 6.54 Å². The highest BCUT2D eigenvalue weighted by atomic mass is 19.4. The Kier molecular flexibility index (Phi) is 6.05. The van der Waals surface area contributed by atoms with Gasteiger partial charge in [-0.3, -0.25) is 14.6 Å². The van der Waals surface area contributed by atoms with Crippen molar-refractivity contribution in [2.75, 3.05) is 59.5 Å². The summed E-state index contributed by atoms with van der Waals surface area (Å²) in [6.07, 6.45) is -1.82. The maximum absolute atomic E-state index is 12.3. The molecule has 0 aromatic rings. The van der Waals surface area contributed by atoms with Crippen molar-refractivity contribution in [1.29, 1.82) is 0 Å². The van der Waals surface area contributed by atoms with Gasteiger partial charge in [-0.2, -0.15) is 13.2 Å². The number of carbonyl (C=O) groups is 1. The number of ether oxygens (including phenoxy) is 1. The van der Waals surface area contributed by atoms with Gasteiger partial charge in [-0.15, -0.1) is 0 Å². The average molecular weight is 323 g/mol. The van der Waals surface area contributed by atoms with Gasteiger partial charge in [0.25, 0.3) is 0 Å². The van der Waals surface area contributed by atoms with Crippen LogP contribution in [0.3, 0.4) is 0 Å². The van der Waals surface area contributed by atoms with Crippen LogP contribution in [0.25, 0.3) is 0 Å². The molecule has 5 nitrogen and oxygen atoms in total. The summed E-state index contributed by atoms with van der Waals surface area (Å²) in [5.41, 5.74) is 0. The van der Waals surface area contributed by atoms with Gasteiger partial charge in [0.2, 0.25) is 5.91 Å². The third-order valence-electron chi connectivity index (χ3n) is 4.15. The summed E-state index contributed by atoms with van der Waals surface area (Å²) in [5.74, 6) is -0.482. The predicted molar refractivity (Wildman–Crippen MR) is 75.5 cm³/mol. The lowest BCUT2D eigenvalue weighted by atomic mass is 10.2. The summed E-state index contributed by atoms with van der Waals surface area (Å²) >= 11 is 0. The molecular formula is C14H24F3N3O2. The molecule has 0 N–H and O–H groups in total. The topological polar surface area (TPSA) is 36.0 Å². The number of rotatable bonds is 5. The van der Waals surface area contributed by atoms with Crippen LogP contribution in [-0.2, 0) is 9.53 Å². The standard InChI is InChI=1S/C14H24F3N3O2/c1-18(11-14(15,16)17)13(21)10-20-6-4-19(5-7-20)9-12-3-2-8-22-12/h12H,2-11H2,1H3/t12-/m0/s1. The Hall–Kier alpha value is -0.860. The third kappa shape index (κ3) is 5.73. The van der Waals surface area contributed by atoms with Crippen molar-refractivity contribution >= 4 is 5.91 Å². The van der Waals surface area contributed by atoms with Crippen molar-refractivity contribution < 1.29 is 22.7 Å². The van der Waals surface area contributed by atoms with E-state index in [9.17, 15) is 18.0 Å². The maximum Gasteiger partial charge on any atom is 0.406 e. The number of hydrogen-bond donors (Lipinski definition) is 0. The Bertz CT molecular complexity index is 365. The molecule has 8 heteroatoms. The van der Waals surface area contributed by atoms with Crippen molar-refractivity contribution in [3.63, 3.8) is 0 Å². The lowest BCUT2D eigenvalue weighted by Crippen LogP contribution is -2.51. The fourth-order valence-corrected chi connectivity index (χ4v) is 2.88. The van der Waals surface area contributed by atoms with E-state index in [1.807, 2.05) is 4.90 Å². The van der Waals surface area contributed by atoms with Gasteiger partial charge in [0.1, 0.15) is 6.54 Å². The first-order chi connectivity index (χ1) is 10.3. The third-order valence-corrected chi connectivity index (χ3v) is 4.15. The first-order valence-electron chi connectivity index (χ1n) is 7.70. The number of halogens is 3. The maximum atomic E-state index is 12.3. The van der Waals surface area contributed by atoms with Crippen LogP contribution >= 0.6 is 0 Å². The second kappa shape index (κ2) is 7.61. The molecule has 2 aliphatic heterocycles. The van der Waals surface area contributed by atoms with Crippen molar-refractivity contribution in [1.82, 2.24) is 14.7 Å². The Morgan fingerprint density at radius 1 is 1.23 bits per heavy atom. The summed E-state index contributed by atoms with van der Waals surface area (Å²) < 4.78 is 42.4. The molecule has 0 bridgehead atoms. The average Bonchev–Trinajstić information content (AvgIpc) is 2.92. The second-order valence-corrected chi connectivity index (χ2v) is 6.08. The molecule has 2 saturated heterocycles. The monoisotopic (exact) mass is 323 g/mol. The molecule has 0 spiro atoms. The summed E-state index contributed by atoms with van der Waals surface area (Å²) in [6.45, 7) is 3.69. The number of amides is 1. The molecule has 22 heavy (non-hydrogen) atoms. The Morgan fingerprint density at radius 3 is 2.41 bits per heavy atom. The van der Waals surface area contributed by atoms with Gasteiger partial charge in [0, 0.05) is 46.4 Å². The molecule has 0 saturated carbocycles. The Balaban J connectivity index is 1.67. The zero-order valence-electron chi connectivity index (χ0n) is 12.9. The van der Waals surface area contributed by atoms with E-state index < -0.39 is 18.6 Å². The fraction of sp³-hybridized carbons (Fsp3) is 0.929. The first-order valence-corrected chi connectivity index (χ1v) is 7.70. The summed E-state index contributed by atoms with van der Waals surface area (Å²) in [7, 11) is 1.20. The molecule has 0 aromatic heterocycles. The van der Waals surface area contributed by atoms with Gasteiger partial charge in [-0.25, -0.2) is 0 Å². The first kappa shape index (κ1) is 17.5. The molecular weight excluding hydrogens is 299 g/mol. The van der Waals surface area contributed by atoms with Gasteiger partial charge in [0.15, 0.2) is 0 Å². The second-order valence-electron chi connectivity index (χ2n) is 6.08. The molecule has 0 unspecified atom stereocenters. The van der Waals surface area contributed by atoms with E-state index >= 15 is 0 Å². The molecule has 2 heterocycles.